The minimum atomic E-state index is -0.926. The number of amides is 1. The molecule has 4 aromatic rings. The number of hydrogen-bond donors (Lipinski definition) is 1. The second-order valence-electron chi connectivity index (χ2n) is 9.08. The zero-order valence-corrected chi connectivity index (χ0v) is 24.0. The molecule has 5 rings (SSSR count). The summed E-state index contributed by atoms with van der Waals surface area (Å²) >= 11 is 8.76. The van der Waals surface area contributed by atoms with E-state index in [2.05, 4.69) is 17.1 Å². The lowest BCUT2D eigenvalue weighted by atomic mass is 9.95. The fraction of sp³-hybridized carbons (Fsp3) is 0.200. The number of anilines is 1. The number of carbonyl (C=O) groups excluding carboxylic acids is 2. The van der Waals surface area contributed by atoms with E-state index >= 15 is 0 Å². The number of rotatable bonds is 10. The first-order valence-electron chi connectivity index (χ1n) is 12.8. The Morgan fingerprint density at radius 1 is 1.05 bits per heavy atom. The molecule has 10 heteroatoms. The molecule has 3 aromatic carbocycles. The van der Waals surface area contributed by atoms with Gasteiger partial charge in [-0.2, -0.15) is 0 Å². The van der Waals surface area contributed by atoms with Crippen LogP contribution in [-0.2, 0) is 15.3 Å². The number of benzene rings is 3. The third kappa shape index (κ3) is 6.06. The highest BCUT2D eigenvalue weighted by Gasteiger charge is 2.48. The van der Waals surface area contributed by atoms with Crippen LogP contribution in [0.1, 0.15) is 42.5 Å². The molecule has 2 heterocycles. The zero-order valence-electron chi connectivity index (χ0n) is 21.6. The molecular formula is C30H26ClN3O4S2. The van der Waals surface area contributed by atoms with Crippen molar-refractivity contribution in [3.8, 4) is 5.75 Å². The molecule has 1 fully saturated rings. The first-order valence-corrected chi connectivity index (χ1v) is 14.9. The summed E-state index contributed by atoms with van der Waals surface area (Å²) in [5.41, 5.74) is 2.08. The van der Waals surface area contributed by atoms with E-state index in [1.165, 1.54) is 28.0 Å². The van der Waals surface area contributed by atoms with E-state index in [9.17, 15) is 14.7 Å². The van der Waals surface area contributed by atoms with E-state index in [1.807, 2.05) is 36.4 Å². The molecule has 1 saturated heterocycles. The molecule has 1 aliphatic rings. The van der Waals surface area contributed by atoms with Gasteiger partial charge in [0, 0.05) is 16.3 Å². The molecule has 1 amide bonds. The van der Waals surface area contributed by atoms with Gasteiger partial charge in [-0.25, -0.2) is 0 Å². The van der Waals surface area contributed by atoms with Crippen LogP contribution in [0.2, 0.25) is 5.02 Å². The van der Waals surface area contributed by atoms with Gasteiger partial charge in [-0.3, -0.25) is 14.5 Å². The number of thioether (sulfide) groups is 1. The highest BCUT2D eigenvalue weighted by Crippen LogP contribution is 2.44. The van der Waals surface area contributed by atoms with Gasteiger partial charge in [0.15, 0.2) is 4.34 Å². The number of unbranched alkanes of at least 4 members (excludes halogenated alkanes) is 1. The Morgan fingerprint density at radius 2 is 1.82 bits per heavy atom. The second kappa shape index (κ2) is 12.7. The zero-order chi connectivity index (χ0) is 28.1. The highest BCUT2D eigenvalue weighted by atomic mass is 35.5. The second-order valence-corrected chi connectivity index (χ2v) is 11.7. The van der Waals surface area contributed by atoms with Crippen LogP contribution in [0.25, 0.3) is 5.76 Å². The SMILES string of the molecule is CCCCOc1cccc(C2C(=C(O)c3ccc(Cl)cc3)C(=O)C(=O)N2c2nnc(SCc3ccccc3)s2)c1. The monoisotopic (exact) mass is 591 g/mol. The standard InChI is InChI=1S/C30H26ClN3O4S2/c1-2-3-16-38-23-11-7-10-21(17-23)25-24(26(35)20-12-14-22(31)15-13-20)27(36)28(37)34(25)29-32-33-30(40-29)39-18-19-8-5-4-6-9-19/h4-15,17,25,35H,2-3,16,18H2,1H3. The van der Waals surface area contributed by atoms with E-state index in [0.29, 0.717) is 38.6 Å². The Morgan fingerprint density at radius 3 is 2.58 bits per heavy atom. The van der Waals surface area contributed by atoms with Crippen molar-refractivity contribution in [2.75, 3.05) is 11.5 Å². The van der Waals surface area contributed by atoms with Crippen molar-refractivity contribution in [2.45, 2.75) is 35.9 Å². The molecule has 1 aromatic heterocycles. The van der Waals surface area contributed by atoms with Gasteiger partial charge in [0.05, 0.1) is 18.2 Å². The van der Waals surface area contributed by atoms with Gasteiger partial charge >= 0.3 is 5.91 Å². The molecule has 1 unspecified atom stereocenters. The van der Waals surface area contributed by atoms with Crippen molar-refractivity contribution >= 4 is 57.3 Å². The Hall–Kier alpha value is -3.66. The molecule has 1 atom stereocenters. The van der Waals surface area contributed by atoms with Gasteiger partial charge in [0.1, 0.15) is 11.5 Å². The lowest BCUT2D eigenvalue weighted by Crippen LogP contribution is -2.29. The lowest BCUT2D eigenvalue weighted by Gasteiger charge is -2.23. The van der Waals surface area contributed by atoms with Crippen molar-refractivity contribution in [1.82, 2.24) is 10.2 Å². The molecule has 0 bridgehead atoms. The summed E-state index contributed by atoms with van der Waals surface area (Å²) in [5, 5.41) is 20.6. The summed E-state index contributed by atoms with van der Waals surface area (Å²) in [6.45, 7) is 2.63. The van der Waals surface area contributed by atoms with Crippen LogP contribution in [-0.4, -0.2) is 33.6 Å². The highest BCUT2D eigenvalue weighted by molar-refractivity contribution is 8.00. The third-order valence-corrected chi connectivity index (χ3v) is 8.69. The number of carbonyl (C=O) groups is 2. The number of aliphatic hydroxyl groups is 1. The molecule has 1 N–H and O–H groups in total. The summed E-state index contributed by atoms with van der Waals surface area (Å²) in [7, 11) is 0. The van der Waals surface area contributed by atoms with Crippen molar-refractivity contribution in [3.05, 3.63) is 106 Å². The van der Waals surface area contributed by atoms with Crippen LogP contribution in [0.4, 0.5) is 5.13 Å². The number of Topliss-reactive ketones (excluding diaryl/α,β-unsaturated/α-hetero) is 1. The van der Waals surface area contributed by atoms with Gasteiger partial charge in [-0.1, -0.05) is 90.5 Å². The Labute approximate surface area is 245 Å². The molecule has 0 aliphatic carbocycles. The first-order chi connectivity index (χ1) is 19.5. The van der Waals surface area contributed by atoms with Gasteiger partial charge in [0.25, 0.3) is 5.78 Å². The molecule has 0 radical (unpaired) electrons. The number of hydrogen-bond acceptors (Lipinski definition) is 8. The van der Waals surface area contributed by atoms with Crippen LogP contribution in [0.15, 0.2) is 88.8 Å². The van der Waals surface area contributed by atoms with Crippen molar-refractivity contribution in [3.63, 3.8) is 0 Å². The van der Waals surface area contributed by atoms with Crippen LogP contribution < -0.4 is 9.64 Å². The van der Waals surface area contributed by atoms with E-state index in [4.69, 9.17) is 16.3 Å². The molecule has 40 heavy (non-hydrogen) atoms. The van der Waals surface area contributed by atoms with Gasteiger partial charge in [-0.05, 0) is 53.9 Å². The van der Waals surface area contributed by atoms with Crippen LogP contribution in [0.5, 0.6) is 5.75 Å². The fourth-order valence-corrected chi connectivity index (χ4v) is 6.24. The maximum Gasteiger partial charge on any atom is 0.301 e. The van der Waals surface area contributed by atoms with E-state index in [1.54, 1.807) is 42.5 Å². The number of ketones is 1. The number of ether oxygens (including phenoxy) is 1. The van der Waals surface area contributed by atoms with Crippen LogP contribution >= 0.6 is 34.7 Å². The average molecular weight is 592 g/mol. The predicted octanol–water partition coefficient (Wildman–Crippen LogP) is 7.29. The smallest absolute Gasteiger partial charge is 0.301 e. The van der Waals surface area contributed by atoms with E-state index in [0.717, 1.165) is 18.4 Å². The maximum absolute atomic E-state index is 13.5. The topological polar surface area (TPSA) is 92.6 Å². The van der Waals surface area contributed by atoms with Crippen LogP contribution in [0, 0.1) is 0 Å². The molecule has 1 aliphatic heterocycles. The molecule has 7 nitrogen and oxygen atoms in total. The van der Waals surface area contributed by atoms with Gasteiger partial charge in [-0.15, -0.1) is 10.2 Å². The third-order valence-electron chi connectivity index (χ3n) is 6.31. The maximum atomic E-state index is 13.5. The quantitative estimate of drug-likeness (QED) is 0.0517. The summed E-state index contributed by atoms with van der Waals surface area (Å²) in [5.74, 6) is -0.578. The Bertz CT molecular complexity index is 1540. The normalized spacial score (nSPS) is 16.4. The Kier molecular flexibility index (Phi) is 8.84. The number of aromatic nitrogens is 2. The van der Waals surface area contributed by atoms with Crippen molar-refractivity contribution in [2.24, 2.45) is 0 Å². The summed E-state index contributed by atoms with van der Waals surface area (Å²) in [6, 6.07) is 22.7. The predicted molar refractivity (Wildman–Crippen MR) is 159 cm³/mol. The molecule has 0 saturated carbocycles. The van der Waals surface area contributed by atoms with Crippen LogP contribution in [0.3, 0.4) is 0 Å². The largest absolute Gasteiger partial charge is 0.507 e. The minimum absolute atomic E-state index is 0.0354. The number of nitrogens with zero attached hydrogens (tertiary/aromatic N) is 3. The average Bonchev–Trinajstić information content (AvgIpc) is 3.54. The van der Waals surface area contributed by atoms with Crippen molar-refractivity contribution < 1.29 is 19.4 Å². The first kappa shape index (κ1) is 27.9. The van der Waals surface area contributed by atoms with Gasteiger partial charge in [0.2, 0.25) is 5.13 Å². The summed E-state index contributed by atoms with van der Waals surface area (Å²) < 4.78 is 6.56. The Balaban J connectivity index is 1.54. The summed E-state index contributed by atoms with van der Waals surface area (Å²) in [4.78, 5) is 28.3. The number of aliphatic hydroxyl groups excluding tert-OH is 1. The van der Waals surface area contributed by atoms with E-state index < -0.39 is 17.7 Å². The minimum Gasteiger partial charge on any atom is -0.507 e. The molecule has 0 spiro atoms. The fourth-order valence-electron chi connectivity index (χ4n) is 4.29. The molecule has 204 valence electrons. The van der Waals surface area contributed by atoms with Gasteiger partial charge < -0.3 is 9.84 Å². The molecular weight excluding hydrogens is 566 g/mol. The number of halogens is 1. The van der Waals surface area contributed by atoms with E-state index in [-0.39, 0.29) is 16.5 Å². The van der Waals surface area contributed by atoms with Crippen molar-refractivity contribution in [1.29, 1.82) is 0 Å². The summed E-state index contributed by atoms with van der Waals surface area (Å²) in [6.07, 6.45) is 1.89. The lowest BCUT2D eigenvalue weighted by molar-refractivity contribution is -0.132.